The summed E-state index contributed by atoms with van der Waals surface area (Å²) in [5.41, 5.74) is 3.83. The lowest BCUT2D eigenvalue weighted by molar-refractivity contribution is 0.0948. The molecule has 1 atom stereocenters. The van der Waals surface area contributed by atoms with Crippen LogP contribution in [-0.4, -0.2) is 50.2 Å². The van der Waals surface area contributed by atoms with E-state index in [2.05, 4.69) is 23.6 Å². The van der Waals surface area contributed by atoms with Gasteiger partial charge < -0.3 is 20.3 Å². The van der Waals surface area contributed by atoms with E-state index in [4.69, 9.17) is 4.74 Å². The SMILES string of the molecule is CCc1ccc(NC(=O)N2CCC[C@@H](c3cccc(C(=O)NCCCOC)c3)C2)cc1. The number of amides is 3. The molecule has 6 nitrogen and oxygen atoms in total. The van der Waals surface area contributed by atoms with Gasteiger partial charge in [-0.15, -0.1) is 0 Å². The van der Waals surface area contributed by atoms with Gasteiger partial charge in [0.2, 0.25) is 0 Å². The van der Waals surface area contributed by atoms with E-state index in [0.29, 0.717) is 25.3 Å². The van der Waals surface area contributed by atoms with Gasteiger partial charge in [0.05, 0.1) is 0 Å². The van der Waals surface area contributed by atoms with Gasteiger partial charge in [-0.3, -0.25) is 4.79 Å². The molecule has 0 saturated carbocycles. The van der Waals surface area contributed by atoms with Crippen LogP contribution in [-0.2, 0) is 11.2 Å². The van der Waals surface area contributed by atoms with E-state index < -0.39 is 0 Å². The molecule has 0 spiro atoms. The first kappa shape index (κ1) is 22.8. The van der Waals surface area contributed by atoms with Crippen molar-refractivity contribution in [3.8, 4) is 0 Å². The molecule has 0 radical (unpaired) electrons. The van der Waals surface area contributed by atoms with Crippen LogP contribution in [0.25, 0.3) is 0 Å². The first-order valence-corrected chi connectivity index (χ1v) is 11.1. The van der Waals surface area contributed by atoms with Crippen LogP contribution in [0.2, 0.25) is 0 Å². The Morgan fingerprint density at radius 2 is 1.97 bits per heavy atom. The third-order valence-corrected chi connectivity index (χ3v) is 5.75. The molecule has 6 heteroatoms. The summed E-state index contributed by atoms with van der Waals surface area (Å²) in [7, 11) is 1.65. The number of hydrogen-bond acceptors (Lipinski definition) is 3. The molecule has 0 aliphatic carbocycles. The fraction of sp³-hybridized carbons (Fsp3) is 0.440. The van der Waals surface area contributed by atoms with Crippen molar-refractivity contribution in [3.63, 3.8) is 0 Å². The zero-order valence-corrected chi connectivity index (χ0v) is 18.5. The van der Waals surface area contributed by atoms with Gasteiger partial charge in [-0.05, 0) is 61.1 Å². The van der Waals surface area contributed by atoms with Crippen LogP contribution in [0.3, 0.4) is 0 Å². The minimum Gasteiger partial charge on any atom is -0.385 e. The molecule has 166 valence electrons. The molecule has 1 aliphatic heterocycles. The summed E-state index contributed by atoms with van der Waals surface area (Å²) in [6, 6.07) is 15.7. The Morgan fingerprint density at radius 1 is 1.16 bits per heavy atom. The van der Waals surface area contributed by atoms with E-state index in [0.717, 1.165) is 43.5 Å². The second-order valence-corrected chi connectivity index (χ2v) is 7.99. The molecule has 0 bridgehead atoms. The number of nitrogens with one attached hydrogen (secondary N) is 2. The Hall–Kier alpha value is -2.86. The average Bonchev–Trinajstić information content (AvgIpc) is 2.82. The van der Waals surface area contributed by atoms with Gasteiger partial charge in [0, 0.05) is 50.5 Å². The largest absolute Gasteiger partial charge is 0.385 e. The number of anilines is 1. The van der Waals surface area contributed by atoms with E-state index in [1.165, 1.54) is 5.56 Å². The summed E-state index contributed by atoms with van der Waals surface area (Å²) < 4.78 is 5.02. The number of likely N-dealkylation sites (tertiary alicyclic amines) is 1. The maximum Gasteiger partial charge on any atom is 0.321 e. The van der Waals surface area contributed by atoms with Crippen LogP contribution in [0.4, 0.5) is 10.5 Å². The molecule has 1 heterocycles. The highest BCUT2D eigenvalue weighted by molar-refractivity contribution is 5.94. The molecular formula is C25H33N3O3. The number of piperidine rings is 1. The Labute approximate surface area is 185 Å². The van der Waals surface area contributed by atoms with Crippen LogP contribution in [0.5, 0.6) is 0 Å². The predicted molar refractivity (Wildman–Crippen MR) is 124 cm³/mol. The fourth-order valence-corrected chi connectivity index (χ4v) is 3.91. The summed E-state index contributed by atoms with van der Waals surface area (Å²) in [6.45, 7) is 4.73. The average molecular weight is 424 g/mol. The molecule has 0 aromatic heterocycles. The van der Waals surface area contributed by atoms with Gasteiger partial charge in [0.1, 0.15) is 0 Å². The third kappa shape index (κ3) is 6.56. The maximum atomic E-state index is 12.8. The van der Waals surface area contributed by atoms with Crippen LogP contribution >= 0.6 is 0 Å². The monoisotopic (exact) mass is 423 g/mol. The van der Waals surface area contributed by atoms with Crippen LogP contribution in [0.1, 0.15) is 53.6 Å². The fourth-order valence-electron chi connectivity index (χ4n) is 3.91. The molecule has 31 heavy (non-hydrogen) atoms. The van der Waals surface area contributed by atoms with Gasteiger partial charge in [-0.25, -0.2) is 4.79 Å². The molecule has 1 saturated heterocycles. The quantitative estimate of drug-likeness (QED) is 0.617. The van der Waals surface area contributed by atoms with Crippen molar-refractivity contribution in [2.24, 2.45) is 0 Å². The topological polar surface area (TPSA) is 70.7 Å². The minimum absolute atomic E-state index is 0.0685. The van der Waals surface area contributed by atoms with E-state index in [1.807, 2.05) is 47.4 Å². The van der Waals surface area contributed by atoms with Gasteiger partial charge in [0.25, 0.3) is 5.91 Å². The normalized spacial score (nSPS) is 16.1. The van der Waals surface area contributed by atoms with Crippen molar-refractivity contribution in [1.82, 2.24) is 10.2 Å². The molecule has 3 amide bonds. The van der Waals surface area contributed by atoms with Crippen molar-refractivity contribution in [2.75, 3.05) is 38.7 Å². The molecule has 1 aliphatic rings. The Balaban J connectivity index is 1.59. The number of carbonyl (C=O) groups excluding carboxylic acids is 2. The van der Waals surface area contributed by atoms with E-state index in [-0.39, 0.29) is 17.9 Å². The van der Waals surface area contributed by atoms with Crippen molar-refractivity contribution < 1.29 is 14.3 Å². The lowest BCUT2D eigenvalue weighted by Gasteiger charge is -2.33. The number of benzene rings is 2. The minimum atomic E-state index is -0.0705. The first-order valence-electron chi connectivity index (χ1n) is 11.1. The molecule has 0 unspecified atom stereocenters. The summed E-state index contributed by atoms with van der Waals surface area (Å²) >= 11 is 0. The van der Waals surface area contributed by atoms with Crippen molar-refractivity contribution in [2.45, 2.75) is 38.5 Å². The van der Waals surface area contributed by atoms with Crippen molar-refractivity contribution in [3.05, 3.63) is 65.2 Å². The number of nitrogens with zero attached hydrogens (tertiary/aromatic N) is 1. The standard InChI is InChI=1S/C25H33N3O3/c1-3-19-10-12-23(13-11-19)27-25(30)28-15-5-9-22(18-28)20-7-4-8-21(17-20)24(29)26-14-6-16-31-2/h4,7-8,10-13,17,22H,3,5-6,9,14-16,18H2,1-2H3,(H,26,29)(H,27,30)/t22-/m1/s1. The number of carbonyl (C=O) groups is 2. The molecule has 3 rings (SSSR count). The molecule has 2 aromatic carbocycles. The second-order valence-electron chi connectivity index (χ2n) is 7.99. The number of urea groups is 1. The molecular weight excluding hydrogens is 390 g/mol. The summed E-state index contributed by atoms with van der Waals surface area (Å²) in [6.07, 6.45) is 3.72. The lowest BCUT2D eigenvalue weighted by atomic mass is 9.89. The Morgan fingerprint density at radius 3 is 2.71 bits per heavy atom. The highest BCUT2D eigenvalue weighted by atomic mass is 16.5. The van der Waals surface area contributed by atoms with E-state index >= 15 is 0 Å². The first-order chi connectivity index (χ1) is 15.1. The van der Waals surface area contributed by atoms with Gasteiger partial charge in [0.15, 0.2) is 0 Å². The number of aryl methyl sites for hydroxylation is 1. The van der Waals surface area contributed by atoms with E-state index in [1.54, 1.807) is 7.11 Å². The van der Waals surface area contributed by atoms with Crippen molar-refractivity contribution in [1.29, 1.82) is 0 Å². The van der Waals surface area contributed by atoms with E-state index in [9.17, 15) is 9.59 Å². The van der Waals surface area contributed by atoms with Gasteiger partial charge >= 0.3 is 6.03 Å². The summed E-state index contributed by atoms with van der Waals surface area (Å²) in [5, 5.41) is 5.94. The number of rotatable bonds is 8. The molecule has 2 N–H and O–H groups in total. The van der Waals surface area contributed by atoms with Gasteiger partial charge in [-0.1, -0.05) is 31.2 Å². The maximum absolute atomic E-state index is 12.8. The molecule has 2 aromatic rings. The third-order valence-electron chi connectivity index (χ3n) is 5.75. The Bertz CT molecular complexity index is 867. The van der Waals surface area contributed by atoms with Crippen molar-refractivity contribution >= 4 is 17.6 Å². The summed E-state index contributed by atoms with van der Waals surface area (Å²) in [5.74, 6) is 0.155. The van der Waals surface area contributed by atoms with Crippen LogP contribution in [0.15, 0.2) is 48.5 Å². The lowest BCUT2D eigenvalue weighted by Crippen LogP contribution is -2.41. The van der Waals surface area contributed by atoms with Gasteiger partial charge in [-0.2, -0.15) is 0 Å². The Kier molecular flexibility index (Phi) is 8.47. The summed E-state index contributed by atoms with van der Waals surface area (Å²) in [4.78, 5) is 27.1. The zero-order valence-electron chi connectivity index (χ0n) is 18.5. The molecule has 1 fully saturated rings. The predicted octanol–water partition coefficient (Wildman–Crippen LogP) is 4.43. The number of ether oxygens (including phenoxy) is 1. The number of methoxy groups -OCH3 is 1. The highest BCUT2D eigenvalue weighted by Crippen LogP contribution is 2.28. The van der Waals surface area contributed by atoms with Crippen LogP contribution in [0, 0.1) is 0 Å². The number of hydrogen-bond donors (Lipinski definition) is 2. The zero-order chi connectivity index (χ0) is 22.1. The highest BCUT2D eigenvalue weighted by Gasteiger charge is 2.25. The van der Waals surface area contributed by atoms with Crippen LogP contribution < -0.4 is 10.6 Å². The smallest absolute Gasteiger partial charge is 0.321 e. The second kappa shape index (κ2) is 11.5.